The summed E-state index contributed by atoms with van der Waals surface area (Å²) in [6.45, 7) is 9.33. The summed E-state index contributed by atoms with van der Waals surface area (Å²) < 4.78 is 0. The van der Waals surface area contributed by atoms with Gasteiger partial charge in [-0.15, -0.1) is 0 Å². The van der Waals surface area contributed by atoms with Crippen molar-refractivity contribution in [2.75, 3.05) is 4.90 Å². The molecule has 1 heteroatoms. The lowest BCUT2D eigenvalue weighted by molar-refractivity contribution is -0.00518. The molecule has 11 rings (SSSR count). The molecule has 0 radical (unpaired) electrons. The molecule has 0 amide bonds. The Morgan fingerprint density at radius 3 is 1.60 bits per heavy atom. The molecule has 0 saturated heterocycles. The van der Waals surface area contributed by atoms with E-state index >= 15 is 0 Å². The molecule has 4 bridgehead atoms. The number of fused-ring (bicyclic) bond motifs is 3. The molecule has 0 aliphatic heterocycles. The molecule has 53 heavy (non-hydrogen) atoms. The number of benzene rings is 6. The molecule has 6 aromatic rings. The minimum Gasteiger partial charge on any atom is -0.310 e. The predicted octanol–water partition coefficient (Wildman–Crippen LogP) is 14.4. The molecule has 0 aromatic heterocycles. The Balaban J connectivity index is 0.945. The SMILES string of the molecule is CC(C)c1ccccc1N(c1ccc(-c2ccc(-c3ccc(C45CC6CC(CC(C6)C4)C5)cc3)cc2)cc1)c1ccc2c(c1)C(C)(C)c1ccccc1-2. The number of nitrogens with zero attached hydrogens (tertiary/aromatic N) is 1. The lowest BCUT2D eigenvalue weighted by Crippen LogP contribution is -2.48. The molecule has 0 N–H and O–H groups in total. The zero-order valence-corrected chi connectivity index (χ0v) is 31.8. The summed E-state index contributed by atoms with van der Waals surface area (Å²) in [6.07, 6.45) is 8.77. The topological polar surface area (TPSA) is 3.24 Å². The minimum absolute atomic E-state index is 0.0579. The number of hydrogen-bond donors (Lipinski definition) is 0. The van der Waals surface area contributed by atoms with Gasteiger partial charge in [0.25, 0.3) is 0 Å². The smallest absolute Gasteiger partial charge is 0.0496 e. The Morgan fingerprint density at radius 1 is 0.509 bits per heavy atom. The summed E-state index contributed by atoms with van der Waals surface area (Å²) in [5, 5.41) is 0. The van der Waals surface area contributed by atoms with Crippen molar-refractivity contribution in [2.45, 2.75) is 83.0 Å². The molecule has 0 heterocycles. The van der Waals surface area contributed by atoms with Crippen molar-refractivity contribution in [3.05, 3.63) is 162 Å². The Hall–Kier alpha value is -4.88. The van der Waals surface area contributed by atoms with Gasteiger partial charge >= 0.3 is 0 Å². The van der Waals surface area contributed by atoms with Crippen LogP contribution in [-0.2, 0) is 10.8 Å². The highest BCUT2D eigenvalue weighted by molar-refractivity contribution is 5.86. The average Bonchev–Trinajstić information content (AvgIpc) is 3.40. The zero-order chi connectivity index (χ0) is 35.9. The fourth-order valence-electron chi connectivity index (χ4n) is 11.6. The normalized spacial score (nSPS) is 23.2. The van der Waals surface area contributed by atoms with E-state index < -0.39 is 0 Å². The van der Waals surface area contributed by atoms with Gasteiger partial charge in [0.1, 0.15) is 0 Å². The van der Waals surface area contributed by atoms with Crippen molar-refractivity contribution in [1.29, 1.82) is 0 Å². The largest absolute Gasteiger partial charge is 0.310 e. The van der Waals surface area contributed by atoms with Crippen LogP contribution in [0.3, 0.4) is 0 Å². The Bertz CT molecular complexity index is 2270. The van der Waals surface area contributed by atoms with E-state index in [2.05, 4.69) is 172 Å². The van der Waals surface area contributed by atoms with Gasteiger partial charge in [-0.05, 0) is 154 Å². The van der Waals surface area contributed by atoms with Gasteiger partial charge in [-0.1, -0.05) is 137 Å². The van der Waals surface area contributed by atoms with E-state index in [0.29, 0.717) is 11.3 Å². The molecule has 0 unspecified atom stereocenters. The number of anilines is 3. The molecule has 264 valence electrons. The molecular weight excluding hydrogens is 639 g/mol. The van der Waals surface area contributed by atoms with Gasteiger partial charge in [0, 0.05) is 22.5 Å². The number of rotatable bonds is 7. The molecule has 4 saturated carbocycles. The van der Waals surface area contributed by atoms with E-state index in [9.17, 15) is 0 Å². The third-order valence-corrected chi connectivity index (χ3v) is 13.8. The van der Waals surface area contributed by atoms with E-state index in [1.807, 2.05) is 0 Å². The third-order valence-electron chi connectivity index (χ3n) is 13.8. The van der Waals surface area contributed by atoms with Gasteiger partial charge < -0.3 is 4.90 Å². The summed E-state index contributed by atoms with van der Waals surface area (Å²) >= 11 is 0. The zero-order valence-electron chi connectivity index (χ0n) is 31.8. The maximum Gasteiger partial charge on any atom is 0.0496 e. The van der Waals surface area contributed by atoms with Gasteiger partial charge in [-0.2, -0.15) is 0 Å². The Labute approximate surface area is 316 Å². The highest BCUT2D eigenvalue weighted by atomic mass is 15.1. The van der Waals surface area contributed by atoms with E-state index in [1.165, 1.54) is 106 Å². The van der Waals surface area contributed by atoms with Crippen LogP contribution < -0.4 is 4.90 Å². The van der Waals surface area contributed by atoms with Crippen LogP contribution in [0.2, 0.25) is 0 Å². The molecule has 1 nitrogen and oxygen atoms in total. The van der Waals surface area contributed by atoms with Crippen LogP contribution in [0.4, 0.5) is 17.1 Å². The van der Waals surface area contributed by atoms with Crippen LogP contribution in [-0.4, -0.2) is 0 Å². The van der Waals surface area contributed by atoms with Crippen molar-refractivity contribution in [2.24, 2.45) is 17.8 Å². The second kappa shape index (κ2) is 12.3. The first-order chi connectivity index (χ1) is 25.8. The summed E-state index contributed by atoms with van der Waals surface area (Å²) in [7, 11) is 0. The first-order valence-electron chi connectivity index (χ1n) is 20.2. The fraction of sp³-hybridized carbons (Fsp3) is 0.308. The standard InChI is InChI=1S/C52H51N/c1-34(2)45-9-6-8-12-50(45)53(44-25-26-47-46-10-5-7-11-48(46)51(3,4)49(47)30-44)43-23-19-41(20-24-43)39-15-13-38(14-16-39)40-17-21-42(22-18-40)52-31-35-27-36(32-52)29-37(28-35)33-52/h5-26,30,34-37H,27-29,31-33H2,1-4H3. The molecule has 4 fully saturated rings. The quantitative estimate of drug-likeness (QED) is 0.161. The van der Waals surface area contributed by atoms with Crippen molar-refractivity contribution < 1.29 is 0 Å². The van der Waals surface area contributed by atoms with Crippen LogP contribution in [0.5, 0.6) is 0 Å². The van der Waals surface area contributed by atoms with Crippen molar-refractivity contribution >= 4 is 17.1 Å². The van der Waals surface area contributed by atoms with E-state index in [-0.39, 0.29) is 5.41 Å². The van der Waals surface area contributed by atoms with Crippen LogP contribution >= 0.6 is 0 Å². The van der Waals surface area contributed by atoms with Gasteiger partial charge in [0.05, 0.1) is 0 Å². The van der Waals surface area contributed by atoms with Crippen molar-refractivity contribution in [1.82, 2.24) is 0 Å². The molecule has 0 spiro atoms. The van der Waals surface area contributed by atoms with Crippen LogP contribution in [0.15, 0.2) is 140 Å². The molecule has 5 aliphatic carbocycles. The lowest BCUT2D eigenvalue weighted by atomic mass is 9.48. The second-order valence-corrected chi connectivity index (χ2v) is 17.8. The fourth-order valence-corrected chi connectivity index (χ4v) is 11.6. The first-order valence-corrected chi connectivity index (χ1v) is 20.2. The second-order valence-electron chi connectivity index (χ2n) is 17.8. The summed E-state index contributed by atoms with van der Waals surface area (Å²) in [5.41, 5.74) is 17.6. The van der Waals surface area contributed by atoms with Gasteiger partial charge in [0.15, 0.2) is 0 Å². The van der Waals surface area contributed by atoms with E-state index in [1.54, 1.807) is 5.56 Å². The molecular formula is C52H51N. The molecule has 5 aliphatic rings. The number of para-hydroxylation sites is 1. The monoisotopic (exact) mass is 689 g/mol. The van der Waals surface area contributed by atoms with Crippen molar-refractivity contribution in [3.8, 4) is 33.4 Å². The maximum atomic E-state index is 2.47. The Morgan fingerprint density at radius 2 is 1.00 bits per heavy atom. The highest BCUT2D eigenvalue weighted by Gasteiger charge is 2.51. The maximum absolute atomic E-state index is 2.47. The van der Waals surface area contributed by atoms with E-state index in [0.717, 1.165) is 17.8 Å². The third kappa shape index (κ3) is 5.41. The lowest BCUT2D eigenvalue weighted by Gasteiger charge is -2.57. The minimum atomic E-state index is -0.0579. The van der Waals surface area contributed by atoms with Crippen LogP contribution in [0, 0.1) is 17.8 Å². The highest BCUT2D eigenvalue weighted by Crippen LogP contribution is 2.61. The average molecular weight is 690 g/mol. The molecule has 0 atom stereocenters. The first kappa shape index (κ1) is 32.7. The molecule has 6 aromatic carbocycles. The van der Waals surface area contributed by atoms with Crippen LogP contribution in [0.25, 0.3) is 33.4 Å². The van der Waals surface area contributed by atoms with Gasteiger partial charge in [0.2, 0.25) is 0 Å². The van der Waals surface area contributed by atoms with Crippen molar-refractivity contribution in [3.63, 3.8) is 0 Å². The summed E-state index contributed by atoms with van der Waals surface area (Å²) in [5.74, 6) is 3.33. The van der Waals surface area contributed by atoms with Gasteiger partial charge in [-0.25, -0.2) is 0 Å². The van der Waals surface area contributed by atoms with Gasteiger partial charge in [-0.3, -0.25) is 0 Å². The summed E-state index contributed by atoms with van der Waals surface area (Å²) in [4.78, 5) is 2.47. The van der Waals surface area contributed by atoms with E-state index in [4.69, 9.17) is 0 Å². The predicted molar refractivity (Wildman–Crippen MR) is 223 cm³/mol. The number of hydrogen-bond acceptors (Lipinski definition) is 1. The Kier molecular flexibility index (Phi) is 7.62. The van der Waals surface area contributed by atoms with Crippen LogP contribution in [0.1, 0.15) is 94.4 Å². The summed E-state index contributed by atoms with van der Waals surface area (Å²) in [6, 6.07) is 53.0.